The molecule has 0 unspecified atom stereocenters. The van der Waals surface area contributed by atoms with Gasteiger partial charge in [-0.15, -0.1) is 0 Å². The molecule has 1 aliphatic rings. The Labute approximate surface area is 147 Å². The molecular formula is C18H25N5O2. The number of carbonyl (C=O) groups is 1. The Kier molecular flexibility index (Phi) is 5.63. The van der Waals surface area contributed by atoms with Crippen molar-refractivity contribution < 1.29 is 9.32 Å². The number of hydrogen-bond donors (Lipinski definition) is 1. The average Bonchev–Trinajstić information content (AvgIpc) is 3.39. The average molecular weight is 343 g/mol. The van der Waals surface area contributed by atoms with Crippen LogP contribution in [0.5, 0.6) is 0 Å². The van der Waals surface area contributed by atoms with Gasteiger partial charge in [0.15, 0.2) is 5.82 Å². The second kappa shape index (κ2) is 8.09. The monoisotopic (exact) mass is 343 g/mol. The van der Waals surface area contributed by atoms with Crippen LogP contribution >= 0.6 is 0 Å². The minimum atomic E-state index is -0.150. The van der Waals surface area contributed by atoms with Gasteiger partial charge in [-0.1, -0.05) is 31.0 Å². The van der Waals surface area contributed by atoms with E-state index in [0.29, 0.717) is 17.6 Å². The first kappa shape index (κ1) is 17.4. The predicted octanol–water partition coefficient (Wildman–Crippen LogP) is 3.41. The van der Waals surface area contributed by atoms with E-state index in [9.17, 15) is 4.79 Å². The number of unbranched alkanes of at least 4 members (excludes halogenated alkanes) is 1. The van der Waals surface area contributed by atoms with Crippen molar-refractivity contribution in [1.82, 2.24) is 25.3 Å². The first-order valence-corrected chi connectivity index (χ1v) is 8.92. The molecule has 0 aromatic carbocycles. The number of aromatic nitrogens is 3. The van der Waals surface area contributed by atoms with Crippen molar-refractivity contribution in [3.63, 3.8) is 0 Å². The molecule has 2 aromatic heterocycles. The van der Waals surface area contributed by atoms with Crippen LogP contribution in [0.15, 0.2) is 29.0 Å². The molecule has 7 heteroatoms. The quantitative estimate of drug-likeness (QED) is 0.794. The number of carbonyl (C=O) groups excluding carboxylic acids is 1. The molecule has 2 heterocycles. The molecule has 1 N–H and O–H groups in total. The second-order valence-corrected chi connectivity index (χ2v) is 6.54. The van der Waals surface area contributed by atoms with Crippen molar-refractivity contribution >= 4 is 6.03 Å². The summed E-state index contributed by atoms with van der Waals surface area (Å²) in [6.45, 7) is 2.42. The van der Waals surface area contributed by atoms with Gasteiger partial charge in [0.25, 0.3) is 0 Å². The molecular weight excluding hydrogens is 318 g/mol. The molecule has 1 atom stereocenters. The van der Waals surface area contributed by atoms with Crippen LogP contribution in [0.3, 0.4) is 0 Å². The lowest BCUT2D eigenvalue weighted by molar-refractivity contribution is 0.185. The summed E-state index contributed by atoms with van der Waals surface area (Å²) in [5, 5.41) is 6.81. The van der Waals surface area contributed by atoms with Gasteiger partial charge < -0.3 is 14.7 Å². The molecule has 1 aliphatic carbocycles. The van der Waals surface area contributed by atoms with Gasteiger partial charge in [0.05, 0.1) is 12.6 Å². The Morgan fingerprint density at radius 1 is 1.48 bits per heavy atom. The van der Waals surface area contributed by atoms with Crippen molar-refractivity contribution in [3.8, 4) is 0 Å². The Balaban J connectivity index is 1.59. The van der Waals surface area contributed by atoms with Gasteiger partial charge in [-0.25, -0.2) is 4.79 Å². The molecule has 0 spiro atoms. The van der Waals surface area contributed by atoms with Gasteiger partial charge in [0.2, 0.25) is 5.89 Å². The van der Waals surface area contributed by atoms with Crippen LogP contribution in [0.25, 0.3) is 0 Å². The summed E-state index contributed by atoms with van der Waals surface area (Å²) >= 11 is 0. The summed E-state index contributed by atoms with van der Waals surface area (Å²) in [5.74, 6) is 1.63. The van der Waals surface area contributed by atoms with Gasteiger partial charge in [-0.3, -0.25) is 4.98 Å². The van der Waals surface area contributed by atoms with E-state index in [2.05, 4.69) is 27.4 Å². The zero-order valence-electron chi connectivity index (χ0n) is 14.8. The van der Waals surface area contributed by atoms with Crippen molar-refractivity contribution in [3.05, 3.63) is 41.8 Å². The minimum absolute atomic E-state index is 0.000873. The number of nitrogens with one attached hydrogen (secondary N) is 1. The summed E-state index contributed by atoms with van der Waals surface area (Å²) in [4.78, 5) is 22.8. The summed E-state index contributed by atoms with van der Waals surface area (Å²) < 4.78 is 5.22. The van der Waals surface area contributed by atoms with Gasteiger partial charge in [0, 0.05) is 25.4 Å². The van der Waals surface area contributed by atoms with Crippen LogP contribution in [0, 0.1) is 0 Å². The number of nitrogens with zero attached hydrogens (tertiary/aromatic N) is 4. The SMILES string of the molecule is CCCC[C@@H](c1cccnc1)N(C)C(=O)NCc1noc(C2CC2)n1. The Morgan fingerprint density at radius 3 is 3.00 bits per heavy atom. The Morgan fingerprint density at radius 2 is 2.32 bits per heavy atom. The fourth-order valence-electron chi connectivity index (χ4n) is 2.81. The van der Waals surface area contributed by atoms with E-state index in [1.807, 2.05) is 25.4 Å². The standard InChI is InChI=1S/C18H25N5O2/c1-3-4-7-15(14-6-5-10-19-11-14)23(2)18(24)20-12-16-21-17(25-22-16)13-8-9-13/h5-6,10-11,13,15H,3-4,7-9,12H2,1-2H3,(H,20,24)/t15-/m0/s1. The topological polar surface area (TPSA) is 84.2 Å². The molecule has 0 radical (unpaired) electrons. The maximum absolute atomic E-state index is 12.6. The van der Waals surface area contributed by atoms with Crippen molar-refractivity contribution in [2.24, 2.45) is 0 Å². The van der Waals surface area contributed by atoms with Gasteiger partial charge in [-0.2, -0.15) is 4.98 Å². The fourth-order valence-corrected chi connectivity index (χ4v) is 2.81. The molecule has 134 valence electrons. The molecule has 7 nitrogen and oxygen atoms in total. The number of hydrogen-bond acceptors (Lipinski definition) is 5. The highest BCUT2D eigenvalue weighted by Gasteiger charge is 2.29. The molecule has 1 fully saturated rings. The third kappa shape index (κ3) is 4.55. The molecule has 3 rings (SSSR count). The molecule has 1 saturated carbocycles. The second-order valence-electron chi connectivity index (χ2n) is 6.54. The van der Waals surface area contributed by atoms with E-state index in [1.165, 1.54) is 0 Å². The van der Waals surface area contributed by atoms with Crippen LogP contribution < -0.4 is 5.32 Å². The lowest BCUT2D eigenvalue weighted by Gasteiger charge is -2.28. The highest BCUT2D eigenvalue weighted by molar-refractivity contribution is 5.74. The van der Waals surface area contributed by atoms with E-state index < -0.39 is 0 Å². The van der Waals surface area contributed by atoms with Crippen LogP contribution in [-0.2, 0) is 6.54 Å². The summed E-state index contributed by atoms with van der Waals surface area (Å²) in [6.07, 6.45) is 8.83. The van der Waals surface area contributed by atoms with E-state index >= 15 is 0 Å². The zero-order valence-corrected chi connectivity index (χ0v) is 14.8. The van der Waals surface area contributed by atoms with Crippen molar-refractivity contribution in [2.45, 2.75) is 57.5 Å². The molecule has 2 amide bonds. The smallest absolute Gasteiger partial charge is 0.318 e. The maximum atomic E-state index is 12.6. The molecule has 0 bridgehead atoms. The summed E-state index contributed by atoms with van der Waals surface area (Å²) in [5.41, 5.74) is 1.05. The number of pyridine rings is 1. The Hall–Kier alpha value is -2.44. The summed E-state index contributed by atoms with van der Waals surface area (Å²) in [7, 11) is 1.81. The van der Waals surface area contributed by atoms with Gasteiger partial charge in [0.1, 0.15) is 0 Å². The van der Waals surface area contributed by atoms with Crippen LogP contribution in [0.2, 0.25) is 0 Å². The third-order valence-electron chi connectivity index (χ3n) is 4.50. The minimum Gasteiger partial charge on any atom is -0.339 e. The Bertz CT molecular complexity index is 684. The molecule has 0 aliphatic heterocycles. The zero-order chi connectivity index (χ0) is 17.6. The number of amides is 2. The highest BCUT2D eigenvalue weighted by atomic mass is 16.5. The van der Waals surface area contributed by atoms with Gasteiger partial charge in [-0.05, 0) is 30.9 Å². The van der Waals surface area contributed by atoms with E-state index in [0.717, 1.165) is 37.7 Å². The van der Waals surface area contributed by atoms with Crippen LogP contribution in [0.4, 0.5) is 4.79 Å². The lowest BCUT2D eigenvalue weighted by atomic mass is 10.0. The van der Waals surface area contributed by atoms with Crippen molar-refractivity contribution in [1.29, 1.82) is 0 Å². The fraction of sp³-hybridized carbons (Fsp3) is 0.556. The molecule has 2 aromatic rings. The summed E-state index contributed by atoms with van der Waals surface area (Å²) in [6, 6.07) is 3.76. The first-order chi connectivity index (χ1) is 12.2. The largest absolute Gasteiger partial charge is 0.339 e. The molecule has 25 heavy (non-hydrogen) atoms. The predicted molar refractivity (Wildman–Crippen MR) is 92.8 cm³/mol. The van der Waals surface area contributed by atoms with E-state index in [4.69, 9.17) is 4.52 Å². The van der Waals surface area contributed by atoms with Gasteiger partial charge >= 0.3 is 6.03 Å². The number of rotatable bonds is 8. The highest BCUT2D eigenvalue weighted by Crippen LogP contribution is 2.38. The third-order valence-corrected chi connectivity index (χ3v) is 4.50. The molecule has 0 saturated heterocycles. The van der Waals surface area contributed by atoms with E-state index in [1.54, 1.807) is 11.1 Å². The van der Waals surface area contributed by atoms with Crippen LogP contribution in [0.1, 0.15) is 68.3 Å². The first-order valence-electron chi connectivity index (χ1n) is 8.92. The van der Waals surface area contributed by atoms with Crippen molar-refractivity contribution in [2.75, 3.05) is 7.05 Å². The van der Waals surface area contributed by atoms with E-state index in [-0.39, 0.29) is 18.6 Å². The normalized spacial score (nSPS) is 15.0. The number of urea groups is 1. The maximum Gasteiger partial charge on any atom is 0.318 e. The van der Waals surface area contributed by atoms with Crippen LogP contribution in [-0.4, -0.2) is 33.1 Å². The lowest BCUT2D eigenvalue weighted by Crippen LogP contribution is -2.39.